The zero-order valence-corrected chi connectivity index (χ0v) is 12.6. The Balaban J connectivity index is 1.58. The summed E-state index contributed by atoms with van der Waals surface area (Å²) < 4.78 is 0. The molecule has 0 saturated carbocycles. The predicted molar refractivity (Wildman–Crippen MR) is 80.2 cm³/mol. The van der Waals surface area contributed by atoms with Crippen LogP contribution >= 0.6 is 0 Å². The van der Waals surface area contributed by atoms with Crippen LogP contribution in [0.5, 0.6) is 0 Å². The highest BCUT2D eigenvalue weighted by Gasteiger charge is 2.37. The van der Waals surface area contributed by atoms with Gasteiger partial charge in [0.05, 0.1) is 0 Å². The molecule has 110 valence electrons. The van der Waals surface area contributed by atoms with Gasteiger partial charge in [-0.05, 0) is 58.5 Å². The molecule has 3 nitrogen and oxygen atoms in total. The van der Waals surface area contributed by atoms with Crippen LogP contribution in [0.3, 0.4) is 0 Å². The second-order valence-electron chi connectivity index (χ2n) is 7.11. The molecular weight excluding hydrogens is 234 g/mol. The number of likely N-dealkylation sites (tertiary alicyclic amines) is 1. The van der Waals surface area contributed by atoms with Gasteiger partial charge in [-0.1, -0.05) is 12.8 Å². The van der Waals surface area contributed by atoms with E-state index in [2.05, 4.69) is 16.7 Å². The minimum Gasteiger partial charge on any atom is -0.328 e. The molecule has 3 heterocycles. The number of fused-ring (bicyclic) bond motifs is 2. The number of hydrogen-bond acceptors (Lipinski definition) is 3. The van der Waals surface area contributed by atoms with Gasteiger partial charge in [0.25, 0.3) is 0 Å². The molecule has 2 bridgehead atoms. The number of rotatable bonds is 3. The molecular formula is C16H31N3. The van der Waals surface area contributed by atoms with Gasteiger partial charge < -0.3 is 5.73 Å². The van der Waals surface area contributed by atoms with Gasteiger partial charge in [0.1, 0.15) is 0 Å². The lowest BCUT2D eigenvalue weighted by Gasteiger charge is -2.50. The van der Waals surface area contributed by atoms with E-state index in [4.69, 9.17) is 5.73 Å². The summed E-state index contributed by atoms with van der Waals surface area (Å²) in [5.74, 6) is 0. The van der Waals surface area contributed by atoms with Crippen molar-refractivity contribution in [2.75, 3.05) is 19.6 Å². The van der Waals surface area contributed by atoms with Crippen LogP contribution in [0.15, 0.2) is 0 Å². The summed E-state index contributed by atoms with van der Waals surface area (Å²) in [6, 6.07) is 2.78. The predicted octanol–water partition coefficient (Wildman–Crippen LogP) is 2.21. The van der Waals surface area contributed by atoms with Crippen LogP contribution in [0, 0.1) is 0 Å². The van der Waals surface area contributed by atoms with E-state index in [0.717, 1.165) is 18.1 Å². The SMILES string of the molecule is CC(CN1C2CCCC1CC(N)C2)N1CCCCC1. The standard InChI is InChI=1S/C16H31N3/c1-13(18-8-3-2-4-9-18)12-19-15-6-5-7-16(19)11-14(17)10-15/h13-16H,2-12,17H2,1H3. The summed E-state index contributed by atoms with van der Waals surface area (Å²) in [6.45, 7) is 6.37. The third-order valence-electron chi connectivity index (χ3n) is 5.65. The fourth-order valence-electron chi connectivity index (χ4n) is 4.60. The molecule has 3 atom stereocenters. The Kier molecular flexibility index (Phi) is 4.45. The molecule has 0 aromatic heterocycles. The molecule has 3 heteroatoms. The first-order valence-electron chi connectivity index (χ1n) is 8.49. The molecule has 3 rings (SSSR count). The Hall–Kier alpha value is -0.120. The van der Waals surface area contributed by atoms with Gasteiger partial charge in [0.2, 0.25) is 0 Å². The monoisotopic (exact) mass is 265 g/mol. The van der Waals surface area contributed by atoms with Crippen LogP contribution < -0.4 is 5.73 Å². The number of hydrogen-bond donors (Lipinski definition) is 1. The molecule has 0 radical (unpaired) electrons. The van der Waals surface area contributed by atoms with Crippen molar-refractivity contribution in [1.82, 2.24) is 9.80 Å². The highest BCUT2D eigenvalue weighted by atomic mass is 15.3. The normalized spacial score (nSPS) is 39.2. The summed E-state index contributed by atoms with van der Waals surface area (Å²) in [7, 11) is 0. The van der Waals surface area contributed by atoms with Crippen molar-refractivity contribution < 1.29 is 0 Å². The Bertz CT molecular complexity index is 274. The van der Waals surface area contributed by atoms with E-state index in [-0.39, 0.29) is 0 Å². The van der Waals surface area contributed by atoms with Crippen LogP contribution in [-0.4, -0.2) is 53.6 Å². The van der Waals surface area contributed by atoms with Crippen LogP contribution in [0.4, 0.5) is 0 Å². The van der Waals surface area contributed by atoms with Crippen LogP contribution in [0.2, 0.25) is 0 Å². The van der Waals surface area contributed by atoms with Gasteiger partial charge in [-0.15, -0.1) is 0 Å². The first-order chi connectivity index (χ1) is 9.24. The maximum Gasteiger partial charge on any atom is 0.0195 e. The highest BCUT2D eigenvalue weighted by molar-refractivity contribution is 4.95. The van der Waals surface area contributed by atoms with E-state index in [1.54, 1.807) is 0 Å². The molecule has 19 heavy (non-hydrogen) atoms. The zero-order chi connectivity index (χ0) is 13.2. The average Bonchev–Trinajstić information content (AvgIpc) is 2.41. The van der Waals surface area contributed by atoms with E-state index in [1.165, 1.54) is 71.0 Å². The summed E-state index contributed by atoms with van der Waals surface area (Å²) in [4.78, 5) is 5.54. The van der Waals surface area contributed by atoms with Crippen molar-refractivity contribution in [2.24, 2.45) is 5.73 Å². The van der Waals surface area contributed by atoms with E-state index < -0.39 is 0 Å². The lowest BCUT2D eigenvalue weighted by atomic mass is 9.82. The number of nitrogens with zero attached hydrogens (tertiary/aromatic N) is 2. The third-order valence-corrected chi connectivity index (χ3v) is 5.65. The van der Waals surface area contributed by atoms with Crippen molar-refractivity contribution >= 4 is 0 Å². The van der Waals surface area contributed by atoms with Crippen LogP contribution in [-0.2, 0) is 0 Å². The Labute approximate surface area is 118 Å². The fraction of sp³-hybridized carbons (Fsp3) is 1.00. The maximum absolute atomic E-state index is 6.22. The van der Waals surface area contributed by atoms with Crippen molar-refractivity contribution in [3.8, 4) is 0 Å². The van der Waals surface area contributed by atoms with Gasteiger partial charge in [0.15, 0.2) is 0 Å². The minimum atomic E-state index is 0.469. The molecule has 3 unspecified atom stereocenters. The smallest absolute Gasteiger partial charge is 0.0195 e. The summed E-state index contributed by atoms with van der Waals surface area (Å²) in [5.41, 5.74) is 6.22. The fourth-order valence-corrected chi connectivity index (χ4v) is 4.60. The third kappa shape index (κ3) is 3.14. The zero-order valence-electron chi connectivity index (χ0n) is 12.6. The highest BCUT2D eigenvalue weighted by Crippen LogP contribution is 2.33. The first kappa shape index (κ1) is 13.8. The number of piperidine rings is 3. The molecule has 3 fully saturated rings. The van der Waals surface area contributed by atoms with Gasteiger partial charge in [0, 0.05) is 30.7 Å². The Morgan fingerprint density at radius 2 is 1.63 bits per heavy atom. The van der Waals surface area contributed by atoms with Crippen molar-refractivity contribution in [1.29, 1.82) is 0 Å². The maximum atomic E-state index is 6.22. The van der Waals surface area contributed by atoms with Gasteiger partial charge in [-0.25, -0.2) is 0 Å². The quantitative estimate of drug-likeness (QED) is 0.849. The molecule has 3 aliphatic rings. The van der Waals surface area contributed by atoms with Gasteiger partial charge >= 0.3 is 0 Å². The van der Waals surface area contributed by atoms with E-state index in [0.29, 0.717) is 6.04 Å². The summed E-state index contributed by atoms with van der Waals surface area (Å²) in [5, 5.41) is 0. The lowest BCUT2D eigenvalue weighted by molar-refractivity contribution is 0.00656. The summed E-state index contributed by atoms with van der Waals surface area (Å²) in [6.07, 6.45) is 10.9. The van der Waals surface area contributed by atoms with Crippen molar-refractivity contribution in [2.45, 2.75) is 82.5 Å². The van der Waals surface area contributed by atoms with Crippen LogP contribution in [0.25, 0.3) is 0 Å². The molecule has 0 aromatic carbocycles. The van der Waals surface area contributed by atoms with Gasteiger partial charge in [-0.3, -0.25) is 9.80 Å². The molecule has 0 aliphatic carbocycles. The first-order valence-corrected chi connectivity index (χ1v) is 8.49. The molecule has 3 aliphatic heterocycles. The van der Waals surface area contributed by atoms with E-state index >= 15 is 0 Å². The lowest BCUT2D eigenvalue weighted by Crippen LogP contribution is -2.58. The van der Waals surface area contributed by atoms with E-state index in [9.17, 15) is 0 Å². The summed E-state index contributed by atoms with van der Waals surface area (Å²) >= 11 is 0. The Morgan fingerprint density at radius 3 is 2.26 bits per heavy atom. The number of nitrogens with two attached hydrogens (primary N) is 1. The second-order valence-corrected chi connectivity index (χ2v) is 7.11. The largest absolute Gasteiger partial charge is 0.328 e. The average molecular weight is 265 g/mol. The molecule has 3 saturated heterocycles. The molecule has 0 aromatic rings. The van der Waals surface area contributed by atoms with Crippen molar-refractivity contribution in [3.05, 3.63) is 0 Å². The van der Waals surface area contributed by atoms with Gasteiger partial charge in [-0.2, -0.15) is 0 Å². The topological polar surface area (TPSA) is 32.5 Å². The minimum absolute atomic E-state index is 0.469. The van der Waals surface area contributed by atoms with E-state index in [1.807, 2.05) is 0 Å². The molecule has 0 spiro atoms. The van der Waals surface area contributed by atoms with Crippen molar-refractivity contribution in [3.63, 3.8) is 0 Å². The Morgan fingerprint density at radius 1 is 1.00 bits per heavy atom. The molecule has 2 N–H and O–H groups in total. The van der Waals surface area contributed by atoms with Crippen LogP contribution in [0.1, 0.15) is 58.3 Å². The molecule has 0 amide bonds. The second kappa shape index (κ2) is 6.11.